The molecule has 0 aliphatic carbocycles. The lowest BCUT2D eigenvalue weighted by atomic mass is 10.1. The molecule has 1 aliphatic rings. The quantitative estimate of drug-likeness (QED) is 0.759. The summed E-state index contributed by atoms with van der Waals surface area (Å²) in [5.74, 6) is -0.110. The third-order valence-electron chi connectivity index (χ3n) is 2.94. The zero-order valence-corrected chi connectivity index (χ0v) is 10.1. The molecule has 1 unspecified atom stereocenters. The number of rotatable bonds is 3. The number of benzene rings is 1. The highest BCUT2D eigenvalue weighted by molar-refractivity contribution is 6.30. The maximum absolute atomic E-state index is 13.0. The lowest BCUT2D eigenvalue weighted by molar-refractivity contribution is -0.128. The number of carbonyl (C=O) groups excluding carboxylic acids is 1. The standard InChI is InChI=1S/C13H13ClFNO/c1-2-9-6-13(17)16(7-9)8-10-3-4-12(15)11(14)5-10/h2-5,9H,1,6-8H2. The second-order valence-electron chi connectivity index (χ2n) is 4.22. The number of halogens is 2. The van der Waals surface area contributed by atoms with Gasteiger partial charge in [-0.25, -0.2) is 4.39 Å². The molecule has 0 aromatic heterocycles. The van der Waals surface area contributed by atoms with Crippen LogP contribution in [-0.2, 0) is 11.3 Å². The van der Waals surface area contributed by atoms with Gasteiger partial charge in [-0.2, -0.15) is 0 Å². The monoisotopic (exact) mass is 253 g/mol. The number of nitrogens with zero attached hydrogens (tertiary/aromatic N) is 1. The molecule has 0 N–H and O–H groups in total. The summed E-state index contributed by atoms with van der Waals surface area (Å²) in [5, 5.41) is 0.0921. The van der Waals surface area contributed by atoms with Crippen LogP contribution in [-0.4, -0.2) is 17.4 Å². The van der Waals surface area contributed by atoms with E-state index in [1.165, 1.54) is 6.07 Å². The third-order valence-corrected chi connectivity index (χ3v) is 3.22. The summed E-state index contributed by atoms with van der Waals surface area (Å²) in [7, 11) is 0. The molecule has 1 fully saturated rings. The molecular formula is C13H13ClFNO. The summed E-state index contributed by atoms with van der Waals surface area (Å²) in [5.41, 5.74) is 0.842. The minimum Gasteiger partial charge on any atom is -0.338 e. The van der Waals surface area contributed by atoms with Crippen LogP contribution in [0.2, 0.25) is 5.02 Å². The van der Waals surface area contributed by atoms with Crippen LogP contribution in [0.4, 0.5) is 4.39 Å². The Morgan fingerprint density at radius 3 is 2.94 bits per heavy atom. The predicted octanol–water partition coefficient (Wildman–Crippen LogP) is 3.01. The van der Waals surface area contributed by atoms with Gasteiger partial charge in [0.1, 0.15) is 5.82 Å². The number of hydrogen-bond acceptors (Lipinski definition) is 1. The fourth-order valence-corrected chi connectivity index (χ4v) is 2.17. The van der Waals surface area contributed by atoms with Gasteiger partial charge in [-0.15, -0.1) is 6.58 Å². The van der Waals surface area contributed by atoms with E-state index in [9.17, 15) is 9.18 Å². The van der Waals surface area contributed by atoms with E-state index >= 15 is 0 Å². The molecule has 1 heterocycles. The van der Waals surface area contributed by atoms with Gasteiger partial charge in [0, 0.05) is 25.4 Å². The van der Waals surface area contributed by atoms with Gasteiger partial charge in [-0.05, 0) is 17.7 Å². The van der Waals surface area contributed by atoms with E-state index in [4.69, 9.17) is 11.6 Å². The van der Waals surface area contributed by atoms with E-state index in [0.717, 1.165) is 5.56 Å². The van der Waals surface area contributed by atoms with Crippen molar-refractivity contribution in [1.82, 2.24) is 4.90 Å². The molecule has 0 radical (unpaired) electrons. The van der Waals surface area contributed by atoms with Gasteiger partial charge in [0.2, 0.25) is 5.91 Å². The normalized spacial score (nSPS) is 19.8. The molecule has 1 aliphatic heterocycles. The van der Waals surface area contributed by atoms with Crippen molar-refractivity contribution in [2.75, 3.05) is 6.54 Å². The van der Waals surface area contributed by atoms with Crippen LogP contribution < -0.4 is 0 Å². The fraction of sp³-hybridized carbons (Fsp3) is 0.308. The second kappa shape index (κ2) is 4.88. The van der Waals surface area contributed by atoms with Gasteiger partial charge < -0.3 is 4.90 Å². The van der Waals surface area contributed by atoms with E-state index in [2.05, 4.69) is 6.58 Å². The van der Waals surface area contributed by atoms with Gasteiger partial charge in [-0.1, -0.05) is 23.7 Å². The molecule has 0 saturated carbocycles. The molecule has 1 aromatic carbocycles. The molecule has 1 aromatic rings. The summed E-state index contributed by atoms with van der Waals surface area (Å²) < 4.78 is 13.0. The molecule has 1 amide bonds. The Labute approximate surface area is 105 Å². The first-order valence-electron chi connectivity index (χ1n) is 5.44. The van der Waals surface area contributed by atoms with Crippen LogP contribution >= 0.6 is 11.6 Å². The van der Waals surface area contributed by atoms with Gasteiger partial charge in [-0.3, -0.25) is 4.79 Å². The highest BCUT2D eigenvalue weighted by Gasteiger charge is 2.27. The first-order chi connectivity index (χ1) is 8.10. The van der Waals surface area contributed by atoms with Crippen molar-refractivity contribution in [3.8, 4) is 0 Å². The SMILES string of the molecule is C=CC1CC(=O)N(Cc2ccc(F)c(Cl)c2)C1. The van der Waals surface area contributed by atoms with E-state index in [1.54, 1.807) is 23.1 Å². The molecular weight excluding hydrogens is 241 g/mol. The molecule has 0 bridgehead atoms. The Morgan fingerprint density at radius 2 is 2.35 bits per heavy atom. The van der Waals surface area contributed by atoms with E-state index in [1.807, 2.05) is 0 Å². The van der Waals surface area contributed by atoms with Crippen molar-refractivity contribution in [2.24, 2.45) is 5.92 Å². The number of hydrogen-bond donors (Lipinski definition) is 0. The molecule has 4 heteroatoms. The molecule has 2 rings (SSSR count). The Balaban J connectivity index is 2.08. The van der Waals surface area contributed by atoms with Crippen LogP contribution in [0.25, 0.3) is 0 Å². The number of carbonyl (C=O) groups is 1. The molecule has 0 spiro atoms. The first-order valence-corrected chi connectivity index (χ1v) is 5.82. The zero-order valence-electron chi connectivity index (χ0n) is 9.33. The fourth-order valence-electron chi connectivity index (χ4n) is 1.97. The van der Waals surface area contributed by atoms with Crippen LogP contribution in [0.5, 0.6) is 0 Å². The summed E-state index contributed by atoms with van der Waals surface area (Å²) in [6.45, 7) is 4.85. The minimum absolute atomic E-state index is 0.0921. The number of amides is 1. The highest BCUT2D eigenvalue weighted by atomic mass is 35.5. The summed E-state index contributed by atoms with van der Waals surface area (Å²) in [6.07, 6.45) is 2.31. The van der Waals surface area contributed by atoms with Gasteiger partial charge in [0.25, 0.3) is 0 Å². The summed E-state index contributed by atoms with van der Waals surface area (Å²) in [6, 6.07) is 4.53. The van der Waals surface area contributed by atoms with Crippen LogP contribution in [0.3, 0.4) is 0 Å². The van der Waals surface area contributed by atoms with Crippen molar-refractivity contribution in [2.45, 2.75) is 13.0 Å². The Hall–Kier alpha value is -1.35. The minimum atomic E-state index is -0.438. The second-order valence-corrected chi connectivity index (χ2v) is 4.63. The van der Waals surface area contributed by atoms with Gasteiger partial charge in [0.05, 0.1) is 5.02 Å². The van der Waals surface area contributed by atoms with Crippen molar-refractivity contribution >= 4 is 17.5 Å². The van der Waals surface area contributed by atoms with Gasteiger partial charge >= 0.3 is 0 Å². The lowest BCUT2D eigenvalue weighted by Gasteiger charge is -2.16. The average molecular weight is 254 g/mol. The average Bonchev–Trinajstić information content (AvgIpc) is 2.65. The van der Waals surface area contributed by atoms with E-state index in [-0.39, 0.29) is 16.8 Å². The Morgan fingerprint density at radius 1 is 1.59 bits per heavy atom. The molecule has 2 nitrogen and oxygen atoms in total. The summed E-state index contributed by atoms with van der Waals surface area (Å²) in [4.78, 5) is 13.4. The van der Waals surface area contributed by atoms with E-state index in [0.29, 0.717) is 19.5 Å². The predicted molar refractivity (Wildman–Crippen MR) is 65.1 cm³/mol. The molecule has 17 heavy (non-hydrogen) atoms. The van der Waals surface area contributed by atoms with Crippen molar-refractivity contribution in [3.05, 3.63) is 47.3 Å². The molecule has 1 atom stereocenters. The highest BCUT2D eigenvalue weighted by Crippen LogP contribution is 2.22. The van der Waals surface area contributed by atoms with Crippen molar-refractivity contribution in [3.63, 3.8) is 0 Å². The van der Waals surface area contributed by atoms with Crippen LogP contribution in [0.1, 0.15) is 12.0 Å². The van der Waals surface area contributed by atoms with Gasteiger partial charge in [0.15, 0.2) is 0 Å². The van der Waals surface area contributed by atoms with Crippen molar-refractivity contribution in [1.29, 1.82) is 0 Å². The topological polar surface area (TPSA) is 20.3 Å². The Kier molecular flexibility index (Phi) is 3.48. The Bertz CT molecular complexity index is 461. The third kappa shape index (κ3) is 2.67. The smallest absolute Gasteiger partial charge is 0.223 e. The van der Waals surface area contributed by atoms with Crippen LogP contribution in [0, 0.1) is 11.7 Å². The molecule has 90 valence electrons. The van der Waals surface area contributed by atoms with Crippen LogP contribution in [0.15, 0.2) is 30.9 Å². The molecule has 1 saturated heterocycles. The lowest BCUT2D eigenvalue weighted by Crippen LogP contribution is -2.24. The maximum Gasteiger partial charge on any atom is 0.223 e. The van der Waals surface area contributed by atoms with E-state index < -0.39 is 5.82 Å². The zero-order chi connectivity index (χ0) is 12.4. The summed E-state index contributed by atoms with van der Waals surface area (Å²) >= 11 is 5.70. The first kappa shape index (κ1) is 12.1. The number of likely N-dealkylation sites (tertiary alicyclic amines) is 1. The maximum atomic E-state index is 13.0. The largest absolute Gasteiger partial charge is 0.338 e. The van der Waals surface area contributed by atoms with Crippen molar-refractivity contribution < 1.29 is 9.18 Å².